The molecule has 1 saturated carbocycles. The Morgan fingerprint density at radius 1 is 1.22 bits per heavy atom. The van der Waals surface area contributed by atoms with Gasteiger partial charge in [-0.05, 0) is 36.9 Å². The number of benzene rings is 1. The second-order valence-electron chi connectivity index (χ2n) is 5.99. The Hall–Kier alpha value is -1.15. The van der Waals surface area contributed by atoms with E-state index < -0.39 is 0 Å². The number of carbonyl (C=O) groups excluding carboxylic acids is 1. The van der Waals surface area contributed by atoms with Crippen molar-refractivity contribution in [2.75, 3.05) is 13.1 Å². The average molecular weight is 243 g/mol. The standard InChI is InChI=1S/C16H21NO/c1-13-15(18)11-16(13)7-9-17(10-8-16)12-14-5-3-2-4-6-14/h2-6,13H,7-12H2,1H3. The lowest BCUT2D eigenvalue weighted by molar-refractivity contribution is -0.146. The summed E-state index contributed by atoms with van der Waals surface area (Å²) in [5.74, 6) is 0.794. The number of carbonyl (C=O) groups is 1. The molecule has 1 aliphatic carbocycles. The molecule has 0 amide bonds. The van der Waals surface area contributed by atoms with Crippen molar-refractivity contribution in [3.63, 3.8) is 0 Å². The van der Waals surface area contributed by atoms with Crippen LogP contribution in [0.5, 0.6) is 0 Å². The molecule has 1 unspecified atom stereocenters. The molecule has 1 spiro atoms. The number of rotatable bonds is 2. The number of hydrogen-bond donors (Lipinski definition) is 0. The van der Waals surface area contributed by atoms with E-state index in [1.54, 1.807) is 0 Å². The van der Waals surface area contributed by atoms with Gasteiger partial charge in [0.25, 0.3) is 0 Å². The molecule has 0 bridgehead atoms. The van der Waals surface area contributed by atoms with E-state index in [0.717, 1.165) is 26.1 Å². The second kappa shape index (κ2) is 4.51. The van der Waals surface area contributed by atoms with Crippen LogP contribution in [-0.4, -0.2) is 23.8 Å². The summed E-state index contributed by atoms with van der Waals surface area (Å²) < 4.78 is 0. The van der Waals surface area contributed by atoms with Gasteiger partial charge in [-0.2, -0.15) is 0 Å². The topological polar surface area (TPSA) is 20.3 Å². The smallest absolute Gasteiger partial charge is 0.136 e. The molecule has 1 saturated heterocycles. The van der Waals surface area contributed by atoms with Gasteiger partial charge < -0.3 is 0 Å². The minimum absolute atomic E-state index is 0.316. The van der Waals surface area contributed by atoms with E-state index in [1.165, 1.54) is 18.4 Å². The molecule has 2 fully saturated rings. The lowest BCUT2D eigenvalue weighted by Gasteiger charge is -2.51. The normalized spacial score (nSPS) is 27.2. The molecular formula is C16H21NO. The van der Waals surface area contributed by atoms with Gasteiger partial charge in [0, 0.05) is 18.9 Å². The van der Waals surface area contributed by atoms with Crippen LogP contribution >= 0.6 is 0 Å². The first kappa shape index (κ1) is 11.9. The van der Waals surface area contributed by atoms with Crippen molar-refractivity contribution in [2.45, 2.75) is 32.7 Å². The fraction of sp³-hybridized carbons (Fsp3) is 0.562. The van der Waals surface area contributed by atoms with Crippen molar-refractivity contribution in [3.8, 4) is 0 Å². The monoisotopic (exact) mass is 243 g/mol. The third-order valence-corrected chi connectivity index (χ3v) is 5.03. The molecule has 1 aromatic rings. The lowest BCUT2D eigenvalue weighted by atomic mass is 9.55. The van der Waals surface area contributed by atoms with Crippen LogP contribution in [-0.2, 0) is 11.3 Å². The highest BCUT2D eigenvalue weighted by atomic mass is 16.1. The highest BCUT2D eigenvalue weighted by molar-refractivity contribution is 5.88. The van der Waals surface area contributed by atoms with Crippen molar-refractivity contribution in [1.82, 2.24) is 4.90 Å². The highest BCUT2D eigenvalue weighted by Crippen LogP contribution is 2.51. The van der Waals surface area contributed by atoms with Crippen molar-refractivity contribution < 1.29 is 4.79 Å². The number of Topliss-reactive ketones (excluding diaryl/α,β-unsaturated/α-hetero) is 1. The van der Waals surface area contributed by atoms with Crippen LogP contribution in [0.2, 0.25) is 0 Å². The van der Waals surface area contributed by atoms with Crippen molar-refractivity contribution in [1.29, 1.82) is 0 Å². The first-order valence-corrected chi connectivity index (χ1v) is 6.99. The van der Waals surface area contributed by atoms with Crippen LogP contribution in [0.3, 0.4) is 0 Å². The molecule has 0 aromatic heterocycles. The molecule has 1 aliphatic heterocycles. The molecule has 18 heavy (non-hydrogen) atoms. The molecule has 96 valence electrons. The Kier molecular flexibility index (Phi) is 2.98. The van der Waals surface area contributed by atoms with Gasteiger partial charge in [-0.15, -0.1) is 0 Å². The molecule has 2 aliphatic rings. The van der Waals surface area contributed by atoms with E-state index in [-0.39, 0.29) is 0 Å². The SMILES string of the molecule is CC1C(=O)CC12CCN(Cc1ccccc1)CC2. The molecule has 2 heteroatoms. The van der Waals surface area contributed by atoms with E-state index in [2.05, 4.69) is 42.2 Å². The molecule has 0 radical (unpaired) electrons. The molecule has 0 N–H and O–H groups in total. The third-order valence-electron chi connectivity index (χ3n) is 5.03. The fourth-order valence-electron chi connectivity index (χ4n) is 3.47. The molecular weight excluding hydrogens is 222 g/mol. The van der Waals surface area contributed by atoms with E-state index in [0.29, 0.717) is 17.1 Å². The summed E-state index contributed by atoms with van der Waals surface area (Å²) in [7, 11) is 0. The quantitative estimate of drug-likeness (QED) is 0.796. The van der Waals surface area contributed by atoms with Crippen molar-refractivity contribution >= 4 is 5.78 Å². The Morgan fingerprint density at radius 3 is 2.44 bits per heavy atom. The van der Waals surface area contributed by atoms with Gasteiger partial charge in [-0.25, -0.2) is 0 Å². The molecule has 1 aromatic carbocycles. The summed E-state index contributed by atoms with van der Waals surface area (Å²) in [6.07, 6.45) is 3.24. The van der Waals surface area contributed by atoms with Gasteiger partial charge in [0.05, 0.1) is 0 Å². The van der Waals surface area contributed by atoms with Crippen LogP contribution in [0.15, 0.2) is 30.3 Å². The van der Waals surface area contributed by atoms with Crippen LogP contribution in [0.4, 0.5) is 0 Å². The van der Waals surface area contributed by atoms with E-state index in [4.69, 9.17) is 0 Å². The van der Waals surface area contributed by atoms with Crippen LogP contribution in [0.1, 0.15) is 31.7 Å². The average Bonchev–Trinajstić information content (AvgIpc) is 2.42. The molecule has 1 heterocycles. The third kappa shape index (κ3) is 1.99. The summed E-state index contributed by atoms with van der Waals surface area (Å²) in [6, 6.07) is 10.7. The maximum atomic E-state index is 11.5. The molecule has 1 atom stereocenters. The van der Waals surface area contributed by atoms with Gasteiger partial charge in [0.15, 0.2) is 0 Å². The summed E-state index contributed by atoms with van der Waals surface area (Å²) in [5, 5.41) is 0. The maximum Gasteiger partial charge on any atom is 0.136 e. The largest absolute Gasteiger partial charge is 0.299 e. The van der Waals surface area contributed by atoms with Gasteiger partial charge in [0.2, 0.25) is 0 Å². The first-order chi connectivity index (χ1) is 8.70. The summed E-state index contributed by atoms with van der Waals surface area (Å²) in [5.41, 5.74) is 1.76. The Balaban J connectivity index is 1.56. The first-order valence-electron chi connectivity index (χ1n) is 6.99. The zero-order valence-corrected chi connectivity index (χ0v) is 11.1. The Morgan fingerprint density at radius 2 is 1.89 bits per heavy atom. The number of likely N-dealkylation sites (tertiary alicyclic amines) is 1. The summed E-state index contributed by atoms with van der Waals surface area (Å²) >= 11 is 0. The van der Waals surface area contributed by atoms with E-state index in [9.17, 15) is 4.79 Å². The van der Waals surface area contributed by atoms with Crippen molar-refractivity contribution in [3.05, 3.63) is 35.9 Å². The number of nitrogens with zero attached hydrogens (tertiary/aromatic N) is 1. The zero-order valence-electron chi connectivity index (χ0n) is 11.1. The minimum atomic E-state index is 0.316. The van der Waals surface area contributed by atoms with Gasteiger partial charge >= 0.3 is 0 Å². The Labute approximate surface area is 109 Å². The lowest BCUT2D eigenvalue weighted by Crippen LogP contribution is -2.53. The van der Waals surface area contributed by atoms with Gasteiger partial charge in [0.1, 0.15) is 5.78 Å². The predicted molar refractivity (Wildman–Crippen MR) is 72.2 cm³/mol. The number of piperidine rings is 1. The number of ketones is 1. The maximum absolute atomic E-state index is 11.5. The Bertz CT molecular complexity index is 432. The van der Waals surface area contributed by atoms with E-state index in [1.807, 2.05) is 0 Å². The fourth-order valence-corrected chi connectivity index (χ4v) is 3.47. The van der Waals surface area contributed by atoms with Gasteiger partial charge in [-0.1, -0.05) is 37.3 Å². The molecule has 3 rings (SSSR count). The minimum Gasteiger partial charge on any atom is -0.299 e. The van der Waals surface area contributed by atoms with E-state index >= 15 is 0 Å². The summed E-state index contributed by atoms with van der Waals surface area (Å²) in [6.45, 7) is 5.47. The zero-order chi connectivity index (χ0) is 12.6. The van der Waals surface area contributed by atoms with Crippen molar-refractivity contribution in [2.24, 2.45) is 11.3 Å². The van der Waals surface area contributed by atoms with Gasteiger partial charge in [-0.3, -0.25) is 9.69 Å². The molecule has 2 nitrogen and oxygen atoms in total. The second-order valence-corrected chi connectivity index (χ2v) is 5.99. The summed E-state index contributed by atoms with van der Waals surface area (Å²) in [4.78, 5) is 14.0. The van der Waals surface area contributed by atoms with Crippen LogP contribution < -0.4 is 0 Å². The highest BCUT2D eigenvalue weighted by Gasteiger charge is 2.51. The predicted octanol–water partition coefficient (Wildman–Crippen LogP) is 2.88. The van der Waals surface area contributed by atoms with Crippen LogP contribution in [0.25, 0.3) is 0 Å². The number of hydrogen-bond acceptors (Lipinski definition) is 2. The van der Waals surface area contributed by atoms with Crippen LogP contribution in [0, 0.1) is 11.3 Å².